The minimum absolute atomic E-state index is 0.0850. The van der Waals surface area contributed by atoms with Crippen LogP contribution in [0.4, 0.5) is 0 Å². The summed E-state index contributed by atoms with van der Waals surface area (Å²) in [4.78, 5) is 72.8. The maximum absolute atomic E-state index is 13.1. The predicted octanol–water partition coefficient (Wildman–Crippen LogP) is 22.1. The number of rotatable bonds is 73. The summed E-state index contributed by atoms with van der Waals surface area (Å²) in [5.41, 5.74) is 0. The first-order valence-electron chi connectivity index (χ1n) is 39.2. The minimum atomic E-state index is -4.97. The molecule has 0 aliphatic heterocycles. The van der Waals surface area contributed by atoms with Crippen molar-refractivity contribution in [2.75, 3.05) is 39.6 Å². The van der Waals surface area contributed by atoms with Gasteiger partial charge in [-0.15, -0.1) is 0 Å². The molecule has 566 valence electrons. The Kier molecular flexibility index (Phi) is 65.3. The van der Waals surface area contributed by atoms with Crippen LogP contribution in [0.2, 0.25) is 0 Å². The Bertz CT molecular complexity index is 1960. The van der Waals surface area contributed by atoms with Crippen LogP contribution in [0, 0.1) is 17.8 Å². The number of hydrogen-bond donors (Lipinski definition) is 3. The standard InChI is InChI=1S/C77H146O17P2/c1-8-9-10-11-12-13-14-15-18-23-26-31-38-46-53-60-76(81)93-72(64-87-74(79)58-51-44-37-30-25-22-20-17-16-19-21-24-28-34-41-48-55-68(2)3)66-91-95(83,84)89-62-71(78)63-90-96(85,86)92-67-73(65-88-75(80)59-52-45-40-33-36-43-50-57-70(6)7)94-77(82)61-54-47-39-32-27-29-35-42-49-56-69(4)5/h13-15,18,68-73,78H,8-12,16-17,19-67H2,1-7H3,(H,83,84)(H,85,86)/b14-13-,18-15-/t71?,72-,73-/m1/s1. The molecule has 0 aliphatic rings. The van der Waals surface area contributed by atoms with Gasteiger partial charge in [-0.25, -0.2) is 9.13 Å². The third kappa shape index (κ3) is 70.0. The maximum Gasteiger partial charge on any atom is 0.472 e. The monoisotopic (exact) mass is 1410 g/mol. The van der Waals surface area contributed by atoms with E-state index >= 15 is 0 Å². The number of phosphoric acid groups is 2. The number of hydrogen-bond acceptors (Lipinski definition) is 15. The molecular formula is C77H146O17P2. The van der Waals surface area contributed by atoms with Crippen LogP contribution in [0.15, 0.2) is 24.3 Å². The Labute approximate surface area is 586 Å². The quantitative estimate of drug-likeness (QED) is 0.0169. The van der Waals surface area contributed by atoms with E-state index < -0.39 is 97.5 Å². The molecule has 0 amide bonds. The third-order valence-corrected chi connectivity index (χ3v) is 19.2. The molecule has 0 fully saturated rings. The smallest absolute Gasteiger partial charge is 0.462 e. The largest absolute Gasteiger partial charge is 0.472 e. The molecule has 17 nitrogen and oxygen atoms in total. The first-order chi connectivity index (χ1) is 46.2. The Hall–Kier alpha value is -2.46. The van der Waals surface area contributed by atoms with E-state index in [4.69, 9.17) is 37.0 Å². The van der Waals surface area contributed by atoms with Gasteiger partial charge in [-0.3, -0.25) is 37.3 Å². The van der Waals surface area contributed by atoms with Crippen molar-refractivity contribution in [1.82, 2.24) is 0 Å². The van der Waals surface area contributed by atoms with Gasteiger partial charge >= 0.3 is 39.5 Å². The van der Waals surface area contributed by atoms with Gasteiger partial charge in [-0.05, 0) is 69.1 Å². The Morgan fingerprint density at radius 1 is 0.323 bits per heavy atom. The Morgan fingerprint density at radius 3 is 0.844 bits per heavy atom. The molecule has 0 saturated carbocycles. The molecule has 0 aromatic carbocycles. The van der Waals surface area contributed by atoms with Crippen LogP contribution in [0.25, 0.3) is 0 Å². The van der Waals surface area contributed by atoms with E-state index in [2.05, 4.69) is 72.8 Å². The van der Waals surface area contributed by atoms with E-state index in [0.717, 1.165) is 121 Å². The highest BCUT2D eigenvalue weighted by Gasteiger charge is 2.30. The van der Waals surface area contributed by atoms with Crippen LogP contribution in [-0.2, 0) is 65.4 Å². The van der Waals surface area contributed by atoms with Crippen molar-refractivity contribution in [3.05, 3.63) is 24.3 Å². The molecule has 0 aliphatic carbocycles. The second-order valence-electron chi connectivity index (χ2n) is 28.5. The lowest BCUT2D eigenvalue weighted by molar-refractivity contribution is -0.161. The zero-order valence-corrected chi connectivity index (χ0v) is 64.1. The molecule has 3 unspecified atom stereocenters. The number of allylic oxidation sites excluding steroid dienone is 4. The van der Waals surface area contributed by atoms with Crippen molar-refractivity contribution in [2.45, 2.75) is 388 Å². The fourth-order valence-electron chi connectivity index (χ4n) is 11.2. The lowest BCUT2D eigenvalue weighted by atomic mass is 10.0. The van der Waals surface area contributed by atoms with Crippen molar-refractivity contribution in [1.29, 1.82) is 0 Å². The number of phosphoric ester groups is 2. The van der Waals surface area contributed by atoms with Gasteiger partial charge in [-0.1, -0.05) is 317 Å². The molecule has 0 radical (unpaired) electrons. The summed E-state index contributed by atoms with van der Waals surface area (Å²) in [5, 5.41) is 10.6. The number of unbranched alkanes of at least 4 members (excludes halogenated alkanes) is 38. The van der Waals surface area contributed by atoms with Gasteiger partial charge in [0.1, 0.15) is 19.3 Å². The molecule has 0 spiro atoms. The van der Waals surface area contributed by atoms with Gasteiger partial charge in [-0.2, -0.15) is 0 Å². The Morgan fingerprint density at radius 2 is 0.562 bits per heavy atom. The van der Waals surface area contributed by atoms with Crippen molar-refractivity contribution >= 4 is 39.5 Å². The van der Waals surface area contributed by atoms with Crippen LogP contribution in [0.5, 0.6) is 0 Å². The summed E-state index contributed by atoms with van der Waals surface area (Å²) >= 11 is 0. The molecule has 0 rings (SSSR count). The summed E-state index contributed by atoms with van der Waals surface area (Å²) in [6.07, 6.45) is 56.5. The molecule has 3 N–H and O–H groups in total. The van der Waals surface area contributed by atoms with E-state index in [9.17, 15) is 43.2 Å². The SMILES string of the molecule is CCCCCC/C=C\C=C/CCCCCCCC(=O)O[C@H](COC(=O)CCCCCCCCCCCCCCCCCCC(C)C)COP(=O)(O)OCC(O)COP(=O)(O)OC[C@@H](COC(=O)CCCCCCCCCC(C)C)OC(=O)CCCCCCCCCCCC(C)C. The van der Waals surface area contributed by atoms with E-state index in [0.29, 0.717) is 31.6 Å². The molecule has 0 heterocycles. The van der Waals surface area contributed by atoms with Gasteiger partial charge < -0.3 is 33.8 Å². The number of ether oxygens (including phenoxy) is 4. The first kappa shape index (κ1) is 93.5. The molecular weight excluding hydrogens is 1260 g/mol. The van der Waals surface area contributed by atoms with Crippen LogP contribution < -0.4 is 0 Å². The number of esters is 4. The first-order valence-corrected chi connectivity index (χ1v) is 42.2. The molecule has 0 saturated heterocycles. The van der Waals surface area contributed by atoms with Crippen LogP contribution >= 0.6 is 15.6 Å². The van der Waals surface area contributed by atoms with Crippen LogP contribution in [0.1, 0.15) is 370 Å². The van der Waals surface area contributed by atoms with Gasteiger partial charge in [0.05, 0.1) is 26.4 Å². The zero-order chi connectivity index (χ0) is 70.9. The second kappa shape index (κ2) is 67.1. The lowest BCUT2D eigenvalue weighted by Gasteiger charge is -2.21. The van der Waals surface area contributed by atoms with Crippen molar-refractivity contribution < 1.29 is 80.2 Å². The average Bonchev–Trinajstić information content (AvgIpc) is 2.54. The van der Waals surface area contributed by atoms with E-state index in [1.807, 2.05) is 0 Å². The molecule has 19 heteroatoms. The van der Waals surface area contributed by atoms with Crippen LogP contribution in [-0.4, -0.2) is 96.7 Å². The zero-order valence-electron chi connectivity index (χ0n) is 62.3. The van der Waals surface area contributed by atoms with Gasteiger partial charge in [0.2, 0.25) is 0 Å². The normalized spacial score (nSPS) is 14.2. The highest BCUT2D eigenvalue weighted by atomic mass is 31.2. The number of carbonyl (C=O) groups is 4. The average molecular weight is 1410 g/mol. The van der Waals surface area contributed by atoms with E-state index in [-0.39, 0.29) is 25.7 Å². The van der Waals surface area contributed by atoms with Gasteiger partial charge in [0, 0.05) is 25.7 Å². The molecule has 0 bridgehead atoms. The van der Waals surface area contributed by atoms with Crippen molar-refractivity contribution in [3.8, 4) is 0 Å². The summed E-state index contributed by atoms with van der Waals surface area (Å²) in [7, 11) is -9.93. The summed E-state index contributed by atoms with van der Waals surface area (Å²) in [6, 6.07) is 0. The summed E-state index contributed by atoms with van der Waals surface area (Å²) in [5.74, 6) is 0.0998. The molecule has 0 aromatic rings. The highest BCUT2D eigenvalue weighted by molar-refractivity contribution is 7.47. The second-order valence-corrected chi connectivity index (χ2v) is 31.4. The minimum Gasteiger partial charge on any atom is -0.462 e. The molecule has 0 aromatic heterocycles. The fraction of sp³-hybridized carbons (Fsp3) is 0.896. The number of aliphatic hydroxyl groups is 1. The Balaban J connectivity index is 5.26. The maximum atomic E-state index is 13.1. The van der Waals surface area contributed by atoms with Crippen molar-refractivity contribution in [3.63, 3.8) is 0 Å². The third-order valence-electron chi connectivity index (χ3n) is 17.3. The van der Waals surface area contributed by atoms with Gasteiger partial charge in [0.15, 0.2) is 12.2 Å². The summed E-state index contributed by atoms with van der Waals surface area (Å²) in [6.45, 7) is 11.8. The van der Waals surface area contributed by atoms with E-state index in [1.54, 1.807) is 0 Å². The molecule has 5 atom stereocenters. The lowest BCUT2D eigenvalue weighted by Crippen LogP contribution is -2.30. The summed E-state index contributed by atoms with van der Waals surface area (Å²) < 4.78 is 68.5. The number of carbonyl (C=O) groups excluding carboxylic acids is 4. The number of aliphatic hydroxyl groups excluding tert-OH is 1. The van der Waals surface area contributed by atoms with Crippen molar-refractivity contribution in [2.24, 2.45) is 17.8 Å². The van der Waals surface area contributed by atoms with Crippen LogP contribution in [0.3, 0.4) is 0 Å². The highest BCUT2D eigenvalue weighted by Crippen LogP contribution is 2.45. The molecule has 96 heavy (non-hydrogen) atoms. The van der Waals surface area contributed by atoms with E-state index in [1.165, 1.54) is 161 Å². The van der Waals surface area contributed by atoms with Gasteiger partial charge in [0.25, 0.3) is 0 Å². The fourth-order valence-corrected chi connectivity index (χ4v) is 12.8. The predicted molar refractivity (Wildman–Crippen MR) is 390 cm³/mol. The topological polar surface area (TPSA) is 237 Å².